The third-order valence-electron chi connectivity index (χ3n) is 4.64. The average Bonchev–Trinajstić information content (AvgIpc) is 2.89. The van der Waals surface area contributed by atoms with Crippen molar-refractivity contribution < 1.29 is 18.0 Å². The SMILES string of the molecule is CC(F)(F)[C@]1(C)CN2CC[C@H](c3cccc(F)c3)N2C1=O. The monoisotopic (exact) mass is 298 g/mol. The van der Waals surface area contributed by atoms with Crippen molar-refractivity contribution in [2.45, 2.75) is 32.2 Å². The fourth-order valence-electron chi connectivity index (χ4n) is 3.16. The van der Waals surface area contributed by atoms with E-state index in [1.165, 1.54) is 24.1 Å². The zero-order valence-corrected chi connectivity index (χ0v) is 11.9. The Morgan fingerprint density at radius 3 is 2.71 bits per heavy atom. The van der Waals surface area contributed by atoms with E-state index in [4.69, 9.17) is 0 Å². The fraction of sp³-hybridized carbons (Fsp3) is 0.533. The number of hydrogen-bond donors (Lipinski definition) is 0. The maximum absolute atomic E-state index is 13.8. The average molecular weight is 298 g/mol. The molecule has 1 aromatic carbocycles. The number of carbonyl (C=O) groups is 1. The van der Waals surface area contributed by atoms with Gasteiger partial charge in [-0.3, -0.25) is 9.80 Å². The van der Waals surface area contributed by atoms with Crippen LogP contribution < -0.4 is 0 Å². The van der Waals surface area contributed by atoms with E-state index < -0.39 is 17.2 Å². The van der Waals surface area contributed by atoms with Crippen LogP contribution in [0.1, 0.15) is 31.9 Å². The van der Waals surface area contributed by atoms with Crippen LogP contribution in [-0.4, -0.2) is 34.9 Å². The molecule has 2 atom stereocenters. The molecule has 2 aliphatic heterocycles. The van der Waals surface area contributed by atoms with E-state index in [-0.39, 0.29) is 18.4 Å². The van der Waals surface area contributed by atoms with Gasteiger partial charge in [0.25, 0.3) is 11.8 Å². The van der Waals surface area contributed by atoms with Crippen molar-refractivity contribution in [3.05, 3.63) is 35.6 Å². The maximum Gasteiger partial charge on any atom is 0.260 e. The molecule has 6 heteroatoms. The lowest BCUT2D eigenvalue weighted by Gasteiger charge is -2.30. The summed E-state index contributed by atoms with van der Waals surface area (Å²) >= 11 is 0. The minimum absolute atomic E-state index is 0.00114. The van der Waals surface area contributed by atoms with Crippen LogP contribution in [0.2, 0.25) is 0 Å². The molecule has 2 heterocycles. The Kier molecular flexibility index (Phi) is 3.06. The number of hydrazine groups is 1. The van der Waals surface area contributed by atoms with Crippen LogP contribution in [0.15, 0.2) is 24.3 Å². The van der Waals surface area contributed by atoms with Gasteiger partial charge in [0.2, 0.25) is 0 Å². The van der Waals surface area contributed by atoms with Crippen molar-refractivity contribution in [2.24, 2.45) is 5.41 Å². The van der Waals surface area contributed by atoms with Crippen molar-refractivity contribution >= 4 is 5.91 Å². The quantitative estimate of drug-likeness (QED) is 0.838. The molecular formula is C15H17F3N2O. The molecule has 0 saturated carbocycles. The van der Waals surface area contributed by atoms with E-state index in [2.05, 4.69) is 0 Å². The molecule has 0 radical (unpaired) electrons. The highest BCUT2D eigenvalue weighted by atomic mass is 19.3. The Bertz CT molecular complexity index is 587. The highest BCUT2D eigenvalue weighted by Crippen LogP contribution is 2.48. The molecule has 0 N–H and O–H groups in total. The highest BCUT2D eigenvalue weighted by Gasteiger charge is 2.62. The predicted octanol–water partition coefficient (Wildman–Crippen LogP) is 2.99. The summed E-state index contributed by atoms with van der Waals surface area (Å²) in [5, 5.41) is 3.06. The second-order valence-corrected chi connectivity index (χ2v) is 6.12. The summed E-state index contributed by atoms with van der Waals surface area (Å²) in [6.45, 7) is 2.61. The summed E-state index contributed by atoms with van der Waals surface area (Å²) < 4.78 is 41.0. The summed E-state index contributed by atoms with van der Waals surface area (Å²) in [6.07, 6.45) is 0.626. The van der Waals surface area contributed by atoms with Crippen LogP contribution >= 0.6 is 0 Å². The zero-order valence-electron chi connectivity index (χ0n) is 11.9. The van der Waals surface area contributed by atoms with Crippen LogP contribution in [-0.2, 0) is 4.79 Å². The van der Waals surface area contributed by atoms with Crippen LogP contribution in [0.25, 0.3) is 0 Å². The number of benzene rings is 1. The molecule has 2 aliphatic rings. The third-order valence-corrected chi connectivity index (χ3v) is 4.64. The molecule has 114 valence electrons. The number of carbonyl (C=O) groups excluding carboxylic acids is 1. The molecule has 2 fully saturated rings. The topological polar surface area (TPSA) is 23.6 Å². The van der Waals surface area contributed by atoms with Crippen LogP contribution in [0, 0.1) is 11.2 Å². The van der Waals surface area contributed by atoms with Gasteiger partial charge in [-0.15, -0.1) is 0 Å². The van der Waals surface area contributed by atoms with Gasteiger partial charge in [-0.2, -0.15) is 0 Å². The van der Waals surface area contributed by atoms with Crippen LogP contribution in [0.5, 0.6) is 0 Å². The van der Waals surface area contributed by atoms with Crippen LogP contribution in [0.4, 0.5) is 13.2 Å². The summed E-state index contributed by atoms with van der Waals surface area (Å²) in [7, 11) is 0. The Hall–Kier alpha value is -1.56. The third kappa shape index (κ3) is 2.04. The van der Waals surface area contributed by atoms with Crippen molar-refractivity contribution in [1.29, 1.82) is 0 Å². The normalized spacial score (nSPS) is 30.0. The zero-order chi connectivity index (χ0) is 15.4. The van der Waals surface area contributed by atoms with E-state index in [1.807, 2.05) is 0 Å². The van der Waals surface area contributed by atoms with Crippen molar-refractivity contribution in [2.75, 3.05) is 13.1 Å². The van der Waals surface area contributed by atoms with Gasteiger partial charge in [0.1, 0.15) is 11.2 Å². The first kappa shape index (κ1) is 14.4. The van der Waals surface area contributed by atoms with Gasteiger partial charge in [0.15, 0.2) is 0 Å². The highest BCUT2D eigenvalue weighted by molar-refractivity contribution is 5.86. The molecule has 21 heavy (non-hydrogen) atoms. The molecule has 3 nitrogen and oxygen atoms in total. The van der Waals surface area contributed by atoms with Crippen molar-refractivity contribution in [1.82, 2.24) is 10.0 Å². The van der Waals surface area contributed by atoms with Crippen molar-refractivity contribution in [3.63, 3.8) is 0 Å². The lowest BCUT2D eigenvalue weighted by atomic mass is 9.83. The van der Waals surface area contributed by atoms with Gasteiger partial charge in [0.05, 0.1) is 6.04 Å². The minimum Gasteiger partial charge on any atom is -0.272 e. The number of nitrogens with zero attached hydrogens (tertiary/aromatic N) is 2. The van der Waals surface area contributed by atoms with E-state index in [0.717, 1.165) is 6.92 Å². The summed E-state index contributed by atoms with van der Waals surface area (Å²) in [4.78, 5) is 12.5. The first-order valence-electron chi connectivity index (χ1n) is 6.96. The van der Waals surface area contributed by atoms with Gasteiger partial charge >= 0.3 is 0 Å². The standard InChI is InChI=1S/C15H17F3N2O/c1-14(15(2,17)18)9-19-7-6-12(20(19)13(14)21)10-4-3-5-11(16)8-10/h3-5,8,12H,6-7,9H2,1-2H3/t12-,14-/m1/s1. The number of fused-ring (bicyclic) bond motifs is 1. The number of alkyl halides is 2. The van der Waals surface area contributed by atoms with Crippen LogP contribution in [0.3, 0.4) is 0 Å². The largest absolute Gasteiger partial charge is 0.272 e. The number of rotatable bonds is 2. The number of amides is 1. The lowest BCUT2D eigenvalue weighted by Crippen LogP contribution is -2.45. The van der Waals surface area contributed by atoms with Gasteiger partial charge in [0, 0.05) is 20.0 Å². The van der Waals surface area contributed by atoms with E-state index in [9.17, 15) is 18.0 Å². The van der Waals surface area contributed by atoms with E-state index in [1.54, 1.807) is 17.1 Å². The second-order valence-electron chi connectivity index (χ2n) is 6.12. The molecule has 0 aliphatic carbocycles. The van der Waals surface area contributed by atoms with E-state index in [0.29, 0.717) is 18.5 Å². The molecule has 1 aromatic rings. The molecule has 0 spiro atoms. The van der Waals surface area contributed by atoms with Gasteiger partial charge < -0.3 is 0 Å². The molecule has 3 rings (SSSR count). The Balaban J connectivity index is 1.95. The molecule has 2 saturated heterocycles. The Morgan fingerprint density at radius 2 is 2.10 bits per heavy atom. The van der Waals surface area contributed by atoms with E-state index >= 15 is 0 Å². The van der Waals surface area contributed by atoms with Crippen molar-refractivity contribution in [3.8, 4) is 0 Å². The Labute approximate surface area is 121 Å². The van der Waals surface area contributed by atoms with Gasteiger partial charge in [-0.05, 0) is 31.0 Å². The number of hydrogen-bond acceptors (Lipinski definition) is 2. The molecule has 1 amide bonds. The molecular weight excluding hydrogens is 281 g/mol. The lowest BCUT2D eigenvalue weighted by molar-refractivity contribution is -0.156. The number of halogens is 3. The predicted molar refractivity (Wildman–Crippen MR) is 70.9 cm³/mol. The van der Waals surface area contributed by atoms with Gasteiger partial charge in [-0.25, -0.2) is 18.2 Å². The molecule has 0 aromatic heterocycles. The maximum atomic E-state index is 13.8. The first-order chi connectivity index (χ1) is 9.74. The molecule has 0 bridgehead atoms. The fourth-order valence-corrected chi connectivity index (χ4v) is 3.16. The Morgan fingerprint density at radius 1 is 1.38 bits per heavy atom. The summed E-state index contributed by atoms with van der Waals surface area (Å²) in [5.74, 6) is -4.07. The first-order valence-corrected chi connectivity index (χ1v) is 6.96. The smallest absolute Gasteiger partial charge is 0.260 e. The molecule has 0 unspecified atom stereocenters. The summed E-state index contributed by atoms with van der Waals surface area (Å²) in [6, 6.07) is 5.62. The minimum atomic E-state index is -3.10. The second kappa shape index (κ2) is 4.47. The van der Waals surface area contributed by atoms with Gasteiger partial charge in [-0.1, -0.05) is 12.1 Å². The summed E-state index contributed by atoms with van der Waals surface area (Å²) in [5.41, 5.74) is -1.08.